The van der Waals surface area contributed by atoms with Crippen LogP contribution in [0.4, 0.5) is 0 Å². The van der Waals surface area contributed by atoms with Gasteiger partial charge in [0.2, 0.25) is 5.91 Å². The number of aliphatic hydroxyl groups is 1. The standard InChI is InChI=1S/C18H32N4O3/c1-2-19-17(20-10-18(11-23)12-25-13-18)21-15-7-8-22(9-15)16(24)14-5-3-4-6-14/h14-15,23H,2-13H2,1H3,(H2,19,20,21). The van der Waals surface area contributed by atoms with Gasteiger partial charge in [-0.15, -0.1) is 0 Å². The Morgan fingerprint density at radius 2 is 2.08 bits per heavy atom. The lowest BCUT2D eigenvalue weighted by Crippen LogP contribution is -2.50. The molecule has 1 unspecified atom stereocenters. The zero-order valence-corrected chi connectivity index (χ0v) is 15.3. The monoisotopic (exact) mass is 352 g/mol. The van der Waals surface area contributed by atoms with Gasteiger partial charge in [0, 0.05) is 31.6 Å². The second kappa shape index (κ2) is 8.36. The first-order valence-electron chi connectivity index (χ1n) is 9.68. The number of rotatable bonds is 6. The van der Waals surface area contributed by atoms with Crippen molar-refractivity contribution in [3.05, 3.63) is 0 Å². The summed E-state index contributed by atoms with van der Waals surface area (Å²) in [6.45, 7) is 6.20. The van der Waals surface area contributed by atoms with Gasteiger partial charge in [-0.1, -0.05) is 12.8 Å². The third-order valence-electron chi connectivity index (χ3n) is 5.61. The summed E-state index contributed by atoms with van der Waals surface area (Å²) in [6, 6.07) is 0.242. The fourth-order valence-electron chi connectivity index (χ4n) is 3.89. The first-order valence-corrected chi connectivity index (χ1v) is 9.68. The summed E-state index contributed by atoms with van der Waals surface area (Å²) in [5, 5.41) is 16.3. The fraction of sp³-hybridized carbons (Fsp3) is 0.889. The molecule has 1 aliphatic carbocycles. The van der Waals surface area contributed by atoms with Crippen LogP contribution in [0.2, 0.25) is 0 Å². The third-order valence-corrected chi connectivity index (χ3v) is 5.61. The van der Waals surface area contributed by atoms with E-state index in [1.165, 1.54) is 12.8 Å². The molecule has 7 nitrogen and oxygen atoms in total. The highest BCUT2D eigenvalue weighted by Gasteiger charge is 2.38. The van der Waals surface area contributed by atoms with Gasteiger partial charge >= 0.3 is 0 Å². The molecule has 0 aromatic carbocycles. The van der Waals surface area contributed by atoms with Crippen molar-refractivity contribution in [1.29, 1.82) is 0 Å². The van der Waals surface area contributed by atoms with E-state index >= 15 is 0 Å². The van der Waals surface area contributed by atoms with Gasteiger partial charge in [-0.05, 0) is 26.2 Å². The maximum absolute atomic E-state index is 12.6. The number of carbonyl (C=O) groups is 1. The van der Waals surface area contributed by atoms with Crippen LogP contribution in [-0.4, -0.2) is 73.9 Å². The highest BCUT2D eigenvalue weighted by molar-refractivity contribution is 5.81. The van der Waals surface area contributed by atoms with Gasteiger partial charge in [-0.3, -0.25) is 9.79 Å². The predicted octanol–water partition coefficient (Wildman–Crippen LogP) is 0.342. The summed E-state index contributed by atoms with van der Waals surface area (Å²) < 4.78 is 5.23. The molecule has 0 bridgehead atoms. The van der Waals surface area contributed by atoms with Crippen LogP contribution in [0.1, 0.15) is 39.0 Å². The zero-order valence-electron chi connectivity index (χ0n) is 15.3. The topological polar surface area (TPSA) is 86.2 Å². The van der Waals surface area contributed by atoms with Crippen LogP contribution in [0.3, 0.4) is 0 Å². The summed E-state index contributed by atoms with van der Waals surface area (Å²) in [6.07, 6.45) is 5.46. The number of carbonyl (C=O) groups excluding carboxylic acids is 1. The number of nitrogens with one attached hydrogen (secondary N) is 2. The van der Waals surface area contributed by atoms with Crippen LogP contribution in [0.25, 0.3) is 0 Å². The minimum absolute atomic E-state index is 0.100. The second-order valence-corrected chi connectivity index (χ2v) is 7.74. The van der Waals surface area contributed by atoms with Gasteiger partial charge < -0.3 is 25.4 Å². The molecule has 142 valence electrons. The minimum Gasteiger partial charge on any atom is -0.396 e. The van der Waals surface area contributed by atoms with E-state index in [9.17, 15) is 9.90 Å². The van der Waals surface area contributed by atoms with Crippen molar-refractivity contribution in [3.63, 3.8) is 0 Å². The Kier molecular flexibility index (Phi) is 6.17. The van der Waals surface area contributed by atoms with Crippen molar-refractivity contribution in [2.45, 2.75) is 45.1 Å². The van der Waals surface area contributed by atoms with E-state index < -0.39 is 0 Å². The number of likely N-dealkylation sites (tertiary alicyclic amines) is 1. The van der Waals surface area contributed by atoms with Crippen molar-refractivity contribution in [2.24, 2.45) is 16.3 Å². The largest absolute Gasteiger partial charge is 0.396 e. The highest BCUT2D eigenvalue weighted by atomic mass is 16.5. The number of aliphatic imine (C=N–C) groups is 1. The third kappa shape index (κ3) is 4.44. The Labute approximate surface area is 150 Å². The molecular formula is C18H32N4O3. The van der Waals surface area contributed by atoms with E-state index in [1.54, 1.807) is 0 Å². The predicted molar refractivity (Wildman–Crippen MR) is 96.4 cm³/mol. The number of ether oxygens (including phenoxy) is 1. The second-order valence-electron chi connectivity index (χ2n) is 7.74. The van der Waals surface area contributed by atoms with Crippen LogP contribution in [0.5, 0.6) is 0 Å². The molecule has 2 saturated heterocycles. The summed E-state index contributed by atoms with van der Waals surface area (Å²) in [5.74, 6) is 1.36. The van der Waals surface area contributed by atoms with Gasteiger partial charge in [0.1, 0.15) is 0 Å². The molecule has 2 heterocycles. The average molecular weight is 352 g/mol. The molecule has 2 aliphatic heterocycles. The van der Waals surface area contributed by atoms with Gasteiger partial charge in [0.15, 0.2) is 5.96 Å². The fourth-order valence-corrected chi connectivity index (χ4v) is 3.89. The summed E-state index contributed by atoms with van der Waals surface area (Å²) in [7, 11) is 0. The Hall–Kier alpha value is -1.34. The van der Waals surface area contributed by atoms with E-state index in [0.717, 1.165) is 44.9 Å². The number of guanidine groups is 1. The maximum Gasteiger partial charge on any atom is 0.225 e. The molecule has 3 N–H and O–H groups in total. The molecule has 25 heavy (non-hydrogen) atoms. The SMILES string of the molecule is CCNC(=NCC1(CO)COC1)NC1CCN(C(=O)C2CCCC2)C1. The maximum atomic E-state index is 12.6. The lowest BCUT2D eigenvalue weighted by molar-refractivity contribution is -0.134. The number of nitrogens with zero attached hydrogens (tertiary/aromatic N) is 2. The Bertz CT molecular complexity index is 481. The van der Waals surface area contributed by atoms with Crippen LogP contribution in [0.15, 0.2) is 4.99 Å². The van der Waals surface area contributed by atoms with Crippen molar-refractivity contribution >= 4 is 11.9 Å². The lowest BCUT2D eigenvalue weighted by Gasteiger charge is -2.38. The van der Waals surface area contributed by atoms with Gasteiger partial charge in [0.05, 0.1) is 31.8 Å². The van der Waals surface area contributed by atoms with Crippen LogP contribution >= 0.6 is 0 Å². The van der Waals surface area contributed by atoms with E-state index in [-0.39, 0.29) is 24.0 Å². The molecule has 0 aromatic rings. The number of aliphatic hydroxyl groups excluding tert-OH is 1. The number of hydrogen-bond donors (Lipinski definition) is 3. The van der Waals surface area contributed by atoms with Crippen molar-refractivity contribution in [3.8, 4) is 0 Å². The first-order chi connectivity index (χ1) is 12.2. The molecule has 0 radical (unpaired) electrons. The molecule has 1 atom stereocenters. The molecular weight excluding hydrogens is 320 g/mol. The Balaban J connectivity index is 1.51. The normalized spacial score (nSPS) is 26.6. The van der Waals surface area contributed by atoms with Crippen LogP contribution < -0.4 is 10.6 Å². The van der Waals surface area contributed by atoms with Gasteiger partial charge in [-0.2, -0.15) is 0 Å². The average Bonchev–Trinajstić information content (AvgIpc) is 3.25. The van der Waals surface area contributed by atoms with Crippen molar-refractivity contribution < 1.29 is 14.6 Å². The minimum atomic E-state index is -0.220. The van der Waals surface area contributed by atoms with Gasteiger partial charge in [-0.25, -0.2) is 0 Å². The van der Waals surface area contributed by atoms with Gasteiger partial charge in [0.25, 0.3) is 0 Å². The first kappa shape index (κ1) is 18.5. The molecule has 3 fully saturated rings. The molecule has 3 aliphatic rings. The van der Waals surface area contributed by atoms with E-state index in [4.69, 9.17) is 4.74 Å². The van der Waals surface area contributed by atoms with Crippen LogP contribution in [0, 0.1) is 11.3 Å². The number of hydrogen-bond acceptors (Lipinski definition) is 4. The quantitative estimate of drug-likeness (QED) is 0.474. The smallest absolute Gasteiger partial charge is 0.225 e. The molecule has 0 spiro atoms. The highest BCUT2D eigenvalue weighted by Crippen LogP contribution is 2.28. The Morgan fingerprint density at radius 1 is 1.32 bits per heavy atom. The molecule has 1 saturated carbocycles. The van der Waals surface area contributed by atoms with Crippen molar-refractivity contribution in [1.82, 2.24) is 15.5 Å². The molecule has 1 amide bonds. The van der Waals surface area contributed by atoms with Crippen molar-refractivity contribution in [2.75, 3.05) is 46.0 Å². The molecule has 0 aromatic heterocycles. The van der Waals surface area contributed by atoms with Crippen LogP contribution in [-0.2, 0) is 9.53 Å². The summed E-state index contributed by atoms with van der Waals surface area (Å²) >= 11 is 0. The van der Waals surface area contributed by atoms with E-state index in [2.05, 4.69) is 15.6 Å². The van der Waals surface area contributed by atoms with E-state index in [1.807, 2.05) is 11.8 Å². The number of amides is 1. The van der Waals surface area contributed by atoms with E-state index in [0.29, 0.717) is 25.7 Å². The zero-order chi connectivity index (χ0) is 17.7. The molecule has 3 rings (SSSR count). The Morgan fingerprint density at radius 3 is 2.68 bits per heavy atom. The molecule has 7 heteroatoms. The summed E-state index contributed by atoms with van der Waals surface area (Å²) in [5.41, 5.74) is -0.220. The lowest BCUT2D eigenvalue weighted by atomic mass is 9.87. The summed E-state index contributed by atoms with van der Waals surface area (Å²) in [4.78, 5) is 19.2.